The van der Waals surface area contributed by atoms with Gasteiger partial charge in [-0.3, -0.25) is 9.59 Å². The second kappa shape index (κ2) is 13.0. The first-order chi connectivity index (χ1) is 19.5. The molecular weight excluding hydrogens is 561 g/mol. The Bertz CT molecular complexity index is 1430. The highest BCUT2D eigenvalue weighted by Crippen LogP contribution is 2.32. The van der Waals surface area contributed by atoms with Crippen molar-refractivity contribution in [2.75, 3.05) is 30.6 Å². The maximum Gasteiger partial charge on any atom is 0.416 e. The molecule has 3 N–H and O–H groups in total. The lowest BCUT2D eigenvalue weighted by molar-refractivity contribution is -0.137. The molecule has 3 aromatic carbocycles. The molecule has 1 saturated heterocycles. The van der Waals surface area contributed by atoms with Crippen molar-refractivity contribution in [1.82, 2.24) is 16.0 Å². The Balaban J connectivity index is 1.43. The Hall–Kier alpha value is -4.10. The number of nitrogens with one attached hydrogen (secondary N) is 3. The molecule has 0 saturated carbocycles. The average molecular weight is 591 g/mol. The predicted octanol–water partition coefficient (Wildman–Crippen LogP) is 3.74. The van der Waals surface area contributed by atoms with Gasteiger partial charge in [0.1, 0.15) is 0 Å². The van der Waals surface area contributed by atoms with Gasteiger partial charge in [-0.2, -0.15) is 21.6 Å². The van der Waals surface area contributed by atoms with Crippen molar-refractivity contribution in [2.45, 2.75) is 23.9 Å². The minimum atomic E-state index is -4.56. The molecule has 0 unspecified atom stereocenters. The summed E-state index contributed by atoms with van der Waals surface area (Å²) < 4.78 is 66.5. The lowest BCUT2D eigenvalue weighted by atomic mass is 9.98. The normalized spacial score (nSPS) is 14.2. The van der Waals surface area contributed by atoms with Gasteiger partial charge in [0.2, 0.25) is 5.91 Å². The number of carbonyl (C=O) groups is 2. The van der Waals surface area contributed by atoms with Crippen LogP contribution < -0.4 is 25.3 Å². The van der Waals surface area contributed by atoms with Crippen LogP contribution in [0.4, 0.5) is 18.9 Å². The summed E-state index contributed by atoms with van der Waals surface area (Å²) in [4.78, 5) is 30.0. The van der Waals surface area contributed by atoms with Crippen LogP contribution in [0.1, 0.15) is 28.8 Å². The molecule has 41 heavy (non-hydrogen) atoms. The molecule has 4 rings (SSSR count). The van der Waals surface area contributed by atoms with Crippen LogP contribution in [0, 0.1) is 5.92 Å². The summed E-state index contributed by atoms with van der Waals surface area (Å²) in [6.07, 6.45) is -2.62. The number of halogens is 3. The number of nitrogens with zero attached hydrogens (tertiary/aromatic N) is 1. The minimum absolute atomic E-state index is 0.102. The van der Waals surface area contributed by atoms with Crippen molar-refractivity contribution in [1.29, 1.82) is 0 Å². The number of sulfonamides is 1. The van der Waals surface area contributed by atoms with E-state index in [-0.39, 0.29) is 34.3 Å². The van der Waals surface area contributed by atoms with E-state index in [4.69, 9.17) is 4.84 Å². The van der Waals surface area contributed by atoms with E-state index in [2.05, 4.69) is 16.0 Å². The van der Waals surface area contributed by atoms with Crippen molar-refractivity contribution >= 4 is 27.5 Å². The van der Waals surface area contributed by atoms with Crippen molar-refractivity contribution in [3.63, 3.8) is 0 Å². The molecule has 9 nitrogen and oxygen atoms in total. The predicted molar refractivity (Wildman–Crippen MR) is 146 cm³/mol. The number of amides is 2. The first-order valence-electron chi connectivity index (χ1n) is 12.9. The summed E-state index contributed by atoms with van der Waals surface area (Å²) in [6, 6.07) is 16.3. The lowest BCUT2D eigenvalue weighted by Gasteiger charge is -2.24. The van der Waals surface area contributed by atoms with E-state index in [0.29, 0.717) is 16.9 Å². The van der Waals surface area contributed by atoms with E-state index < -0.39 is 27.7 Å². The fourth-order valence-corrected chi connectivity index (χ4v) is 5.39. The number of benzene rings is 3. The topological polar surface area (TPSA) is 117 Å². The van der Waals surface area contributed by atoms with Crippen LogP contribution in [0.25, 0.3) is 0 Å². The molecule has 0 bridgehead atoms. The molecule has 13 heteroatoms. The molecule has 0 aromatic heterocycles. The highest BCUT2D eigenvalue weighted by atomic mass is 32.2. The van der Waals surface area contributed by atoms with Gasteiger partial charge in [0.15, 0.2) is 5.75 Å². The Morgan fingerprint density at radius 3 is 2.15 bits per heavy atom. The van der Waals surface area contributed by atoms with Crippen LogP contribution in [0.5, 0.6) is 5.75 Å². The van der Waals surface area contributed by atoms with Gasteiger partial charge in [-0.15, -0.1) is 0 Å². The van der Waals surface area contributed by atoms with E-state index in [1.807, 2.05) is 0 Å². The van der Waals surface area contributed by atoms with E-state index in [9.17, 15) is 31.2 Å². The molecule has 0 radical (unpaired) electrons. The number of hydrogen-bond acceptors (Lipinski definition) is 6. The number of para-hydroxylation sites is 1. The zero-order chi connectivity index (χ0) is 29.5. The van der Waals surface area contributed by atoms with Gasteiger partial charge < -0.3 is 20.8 Å². The number of alkyl halides is 3. The van der Waals surface area contributed by atoms with Crippen LogP contribution >= 0.6 is 0 Å². The van der Waals surface area contributed by atoms with Crippen LogP contribution in [-0.4, -0.2) is 46.4 Å². The van der Waals surface area contributed by atoms with E-state index >= 15 is 0 Å². The third kappa shape index (κ3) is 7.98. The highest BCUT2D eigenvalue weighted by molar-refractivity contribution is 7.92. The van der Waals surface area contributed by atoms with Crippen LogP contribution in [0.3, 0.4) is 0 Å². The SMILES string of the molecule is O=C(CNC(=O)c1ccc(S(=O)(=O)N(Oc2ccc(C(F)(F)F)cc2)c2ccccc2)cc1)NCC1CCNCC1. The summed E-state index contributed by atoms with van der Waals surface area (Å²) in [6.45, 7) is 2.13. The van der Waals surface area contributed by atoms with E-state index in [1.165, 1.54) is 36.4 Å². The molecule has 218 valence electrons. The van der Waals surface area contributed by atoms with Crippen molar-refractivity contribution in [3.8, 4) is 5.75 Å². The standard InChI is InChI=1S/C28H29F3N4O5S/c29-28(30,31)22-8-10-24(11-9-22)40-35(23-4-2-1-3-5-23)41(38,39)25-12-6-21(7-13-25)27(37)34-19-26(36)33-18-20-14-16-32-17-15-20/h1-13,20,32H,14-19H2,(H,33,36)(H,34,37). The summed E-state index contributed by atoms with van der Waals surface area (Å²) in [5.74, 6) is -0.634. The molecular formula is C28H29F3N4O5S. The van der Waals surface area contributed by atoms with Gasteiger partial charge in [-0.05, 0) is 92.5 Å². The van der Waals surface area contributed by atoms with E-state index in [0.717, 1.165) is 50.2 Å². The smallest absolute Gasteiger partial charge is 0.364 e. The largest absolute Gasteiger partial charge is 0.416 e. The molecule has 1 fully saturated rings. The number of hydrogen-bond donors (Lipinski definition) is 3. The fraction of sp³-hybridized carbons (Fsp3) is 0.286. The van der Waals surface area contributed by atoms with Gasteiger partial charge in [-0.1, -0.05) is 22.7 Å². The first kappa shape index (κ1) is 29.9. The Morgan fingerprint density at radius 2 is 1.54 bits per heavy atom. The number of rotatable bonds is 10. The molecule has 3 aromatic rings. The number of piperidine rings is 1. The van der Waals surface area contributed by atoms with Gasteiger partial charge in [0.05, 0.1) is 22.7 Å². The van der Waals surface area contributed by atoms with Crippen molar-refractivity contribution < 1.29 is 36.0 Å². The maximum absolute atomic E-state index is 13.5. The van der Waals surface area contributed by atoms with Gasteiger partial charge in [0, 0.05) is 12.1 Å². The molecule has 0 spiro atoms. The van der Waals surface area contributed by atoms with Crippen LogP contribution in [0.15, 0.2) is 83.8 Å². The Morgan fingerprint density at radius 1 is 0.902 bits per heavy atom. The summed E-state index contributed by atoms with van der Waals surface area (Å²) in [5.41, 5.74) is -0.679. The fourth-order valence-electron chi connectivity index (χ4n) is 4.13. The second-order valence-electron chi connectivity index (χ2n) is 9.39. The second-order valence-corrected chi connectivity index (χ2v) is 11.1. The summed E-state index contributed by atoms with van der Waals surface area (Å²) in [7, 11) is -4.39. The zero-order valence-electron chi connectivity index (χ0n) is 21.9. The lowest BCUT2D eigenvalue weighted by Crippen LogP contribution is -2.40. The van der Waals surface area contributed by atoms with Gasteiger partial charge in [-0.25, -0.2) is 0 Å². The first-order valence-corrected chi connectivity index (χ1v) is 14.3. The average Bonchev–Trinajstić information content (AvgIpc) is 2.98. The zero-order valence-corrected chi connectivity index (χ0v) is 22.7. The maximum atomic E-state index is 13.5. The van der Waals surface area contributed by atoms with Gasteiger partial charge >= 0.3 is 6.18 Å². The Kier molecular flexibility index (Phi) is 9.50. The number of carbonyl (C=O) groups excluding carboxylic acids is 2. The van der Waals surface area contributed by atoms with Gasteiger partial charge in [0.25, 0.3) is 15.9 Å². The van der Waals surface area contributed by atoms with Crippen molar-refractivity contribution in [3.05, 3.63) is 90.0 Å². The molecule has 1 aliphatic heterocycles. The minimum Gasteiger partial charge on any atom is -0.364 e. The van der Waals surface area contributed by atoms with Crippen LogP contribution in [-0.2, 0) is 21.0 Å². The third-order valence-electron chi connectivity index (χ3n) is 6.43. The quantitative estimate of drug-likeness (QED) is 0.310. The molecule has 1 aliphatic rings. The van der Waals surface area contributed by atoms with Crippen LogP contribution in [0.2, 0.25) is 0 Å². The third-order valence-corrected chi connectivity index (χ3v) is 8.02. The molecule has 0 aliphatic carbocycles. The monoisotopic (exact) mass is 590 g/mol. The highest BCUT2D eigenvalue weighted by Gasteiger charge is 2.31. The molecule has 1 heterocycles. The number of anilines is 1. The summed E-state index contributed by atoms with van der Waals surface area (Å²) >= 11 is 0. The Labute approximate surface area is 235 Å². The van der Waals surface area contributed by atoms with Crippen molar-refractivity contribution in [2.24, 2.45) is 5.92 Å². The van der Waals surface area contributed by atoms with E-state index in [1.54, 1.807) is 18.2 Å². The summed E-state index contributed by atoms with van der Waals surface area (Å²) in [5, 5.41) is 8.58. The molecule has 0 atom stereocenters. The molecule has 2 amide bonds.